The van der Waals surface area contributed by atoms with Gasteiger partial charge in [0.25, 0.3) is 5.91 Å². The summed E-state index contributed by atoms with van der Waals surface area (Å²) in [5, 5.41) is 0. The first-order valence-corrected chi connectivity index (χ1v) is 6.90. The summed E-state index contributed by atoms with van der Waals surface area (Å²) in [6.45, 7) is 3.21. The minimum absolute atomic E-state index is 0.0121. The summed E-state index contributed by atoms with van der Waals surface area (Å²) in [5.41, 5.74) is 0. The van der Waals surface area contributed by atoms with Crippen LogP contribution in [0.2, 0.25) is 0 Å². The fourth-order valence-electron chi connectivity index (χ4n) is 1.86. The molecule has 1 aliphatic heterocycles. The summed E-state index contributed by atoms with van der Waals surface area (Å²) in [6, 6.07) is 4.34. The van der Waals surface area contributed by atoms with Crippen LogP contribution in [0.5, 0.6) is 5.75 Å². The van der Waals surface area contributed by atoms with Crippen molar-refractivity contribution in [2.45, 2.75) is 0 Å². The van der Waals surface area contributed by atoms with Crippen LogP contribution in [0.25, 0.3) is 0 Å². The number of benzene rings is 1. The van der Waals surface area contributed by atoms with E-state index in [0.29, 0.717) is 10.2 Å². The third-order valence-corrected chi connectivity index (χ3v) is 3.72. The van der Waals surface area contributed by atoms with Crippen LogP contribution in [0.15, 0.2) is 22.7 Å². The van der Waals surface area contributed by atoms with Crippen LogP contribution < -0.4 is 4.74 Å². The van der Waals surface area contributed by atoms with Crippen molar-refractivity contribution < 1.29 is 13.9 Å². The number of amides is 1. The summed E-state index contributed by atoms with van der Waals surface area (Å²) in [7, 11) is 2.04. The molecule has 2 rings (SSSR count). The van der Waals surface area contributed by atoms with Crippen LogP contribution in [0.1, 0.15) is 0 Å². The molecular weight excluding hydrogens is 315 g/mol. The van der Waals surface area contributed by atoms with Crippen molar-refractivity contribution in [2.75, 3.05) is 39.8 Å². The van der Waals surface area contributed by atoms with Gasteiger partial charge in [-0.15, -0.1) is 0 Å². The van der Waals surface area contributed by atoms with Crippen LogP contribution in [-0.2, 0) is 4.79 Å². The van der Waals surface area contributed by atoms with Crippen LogP contribution >= 0.6 is 15.9 Å². The molecule has 1 saturated heterocycles. The third kappa shape index (κ3) is 3.91. The summed E-state index contributed by atoms with van der Waals surface area (Å²) in [6.07, 6.45) is 0. The van der Waals surface area contributed by atoms with Crippen molar-refractivity contribution >= 4 is 21.8 Å². The molecule has 0 aliphatic carbocycles. The molecule has 0 saturated carbocycles. The maximum Gasteiger partial charge on any atom is 0.260 e. The second kappa shape index (κ2) is 6.34. The van der Waals surface area contributed by atoms with Gasteiger partial charge in [-0.3, -0.25) is 4.79 Å². The molecule has 1 aromatic carbocycles. The molecule has 0 radical (unpaired) electrons. The Morgan fingerprint density at radius 1 is 1.37 bits per heavy atom. The second-order valence-electron chi connectivity index (χ2n) is 4.55. The zero-order valence-corrected chi connectivity index (χ0v) is 12.3. The molecule has 0 atom stereocenters. The monoisotopic (exact) mass is 330 g/mol. The van der Waals surface area contributed by atoms with Gasteiger partial charge in [0.2, 0.25) is 0 Å². The Morgan fingerprint density at radius 3 is 2.68 bits per heavy atom. The van der Waals surface area contributed by atoms with E-state index in [1.54, 1.807) is 4.90 Å². The largest absolute Gasteiger partial charge is 0.484 e. The fourth-order valence-corrected chi connectivity index (χ4v) is 2.22. The number of hydrogen-bond donors (Lipinski definition) is 0. The maximum absolute atomic E-state index is 13.0. The Bertz CT molecular complexity index is 462. The van der Waals surface area contributed by atoms with Gasteiger partial charge in [-0.25, -0.2) is 4.39 Å². The molecule has 4 nitrogen and oxygen atoms in total. The Hall–Kier alpha value is -1.14. The Balaban J connectivity index is 1.84. The highest BCUT2D eigenvalue weighted by atomic mass is 79.9. The molecule has 6 heteroatoms. The van der Waals surface area contributed by atoms with E-state index in [4.69, 9.17) is 4.74 Å². The molecular formula is C13H16BrFN2O2. The number of hydrogen-bond acceptors (Lipinski definition) is 3. The standard InChI is InChI=1S/C13H16BrFN2O2/c1-16-4-6-17(7-5-16)13(18)9-19-10-2-3-12(15)11(14)8-10/h2-3,8H,4-7,9H2,1H3. The molecule has 0 unspecified atom stereocenters. The van der Waals surface area contributed by atoms with Gasteiger partial charge >= 0.3 is 0 Å². The van der Waals surface area contributed by atoms with Crippen molar-refractivity contribution in [2.24, 2.45) is 0 Å². The Labute approximate surface area is 120 Å². The van der Waals surface area contributed by atoms with Crippen LogP contribution in [-0.4, -0.2) is 55.5 Å². The number of likely N-dealkylation sites (N-methyl/N-ethyl adjacent to an activating group) is 1. The van der Waals surface area contributed by atoms with E-state index in [2.05, 4.69) is 20.8 Å². The first-order valence-electron chi connectivity index (χ1n) is 6.10. The summed E-state index contributed by atoms with van der Waals surface area (Å²) in [4.78, 5) is 15.9. The van der Waals surface area contributed by atoms with Gasteiger partial charge < -0.3 is 14.5 Å². The predicted molar refractivity (Wildman–Crippen MR) is 73.7 cm³/mol. The molecule has 1 heterocycles. The Morgan fingerprint density at radius 2 is 2.05 bits per heavy atom. The summed E-state index contributed by atoms with van der Waals surface area (Å²) < 4.78 is 18.8. The van der Waals surface area contributed by atoms with Crippen molar-refractivity contribution in [3.05, 3.63) is 28.5 Å². The minimum Gasteiger partial charge on any atom is -0.484 e. The highest BCUT2D eigenvalue weighted by Gasteiger charge is 2.19. The van der Waals surface area contributed by atoms with Crippen LogP contribution in [0.3, 0.4) is 0 Å². The van der Waals surface area contributed by atoms with Gasteiger partial charge in [0.15, 0.2) is 6.61 Å². The molecule has 1 aromatic rings. The lowest BCUT2D eigenvalue weighted by Crippen LogP contribution is -2.48. The topological polar surface area (TPSA) is 32.8 Å². The number of carbonyl (C=O) groups is 1. The zero-order valence-electron chi connectivity index (χ0n) is 10.7. The first-order chi connectivity index (χ1) is 9.06. The minimum atomic E-state index is -0.349. The van der Waals surface area contributed by atoms with E-state index in [9.17, 15) is 9.18 Å². The van der Waals surface area contributed by atoms with Crippen molar-refractivity contribution in [3.63, 3.8) is 0 Å². The highest BCUT2D eigenvalue weighted by molar-refractivity contribution is 9.10. The van der Waals surface area contributed by atoms with Gasteiger partial charge in [-0.05, 0) is 41.2 Å². The smallest absolute Gasteiger partial charge is 0.260 e. The summed E-state index contributed by atoms with van der Waals surface area (Å²) >= 11 is 3.08. The lowest BCUT2D eigenvalue weighted by Gasteiger charge is -2.32. The third-order valence-electron chi connectivity index (χ3n) is 3.11. The van der Waals surface area contributed by atoms with E-state index >= 15 is 0 Å². The Kier molecular flexibility index (Phi) is 4.76. The SMILES string of the molecule is CN1CCN(C(=O)COc2ccc(F)c(Br)c2)CC1. The van der Waals surface area contributed by atoms with Crippen LogP contribution in [0, 0.1) is 5.82 Å². The molecule has 0 spiro atoms. The number of rotatable bonds is 3. The number of piperazine rings is 1. The summed E-state index contributed by atoms with van der Waals surface area (Å²) in [5.74, 6) is 0.0991. The lowest BCUT2D eigenvalue weighted by atomic mass is 10.3. The van der Waals surface area contributed by atoms with Gasteiger partial charge in [0.1, 0.15) is 11.6 Å². The predicted octanol–water partition coefficient (Wildman–Crippen LogP) is 1.74. The van der Waals surface area contributed by atoms with E-state index in [1.807, 2.05) is 7.05 Å². The maximum atomic E-state index is 13.0. The van der Waals surface area contributed by atoms with Gasteiger partial charge in [-0.1, -0.05) is 0 Å². The van der Waals surface area contributed by atoms with Gasteiger partial charge in [-0.2, -0.15) is 0 Å². The molecule has 1 aliphatic rings. The number of nitrogens with zero attached hydrogens (tertiary/aromatic N) is 2. The zero-order chi connectivity index (χ0) is 13.8. The molecule has 1 amide bonds. The van der Waals surface area contributed by atoms with Crippen molar-refractivity contribution in [1.29, 1.82) is 0 Å². The lowest BCUT2D eigenvalue weighted by molar-refractivity contribution is -0.134. The second-order valence-corrected chi connectivity index (χ2v) is 5.40. The molecule has 0 aromatic heterocycles. The molecule has 19 heavy (non-hydrogen) atoms. The molecule has 104 valence electrons. The fraction of sp³-hybridized carbons (Fsp3) is 0.462. The van der Waals surface area contributed by atoms with Crippen molar-refractivity contribution in [1.82, 2.24) is 9.80 Å². The number of ether oxygens (including phenoxy) is 1. The van der Waals surface area contributed by atoms with E-state index in [0.717, 1.165) is 26.2 Å². The molecule has 1 fully saturated rings. The normalized spacial score (nSPS) is 16.5. The highest BCUT2D eigenvalue weighted by Crippen LogP contribution is 2.21. The first kappa shape index (κ1) is 14.3. The van der Waals surface area contributed by atoms with Crippen LogP contribution in [0.4, 0.5) is 4.39 Å². The van der Waals surface area contributed by atoms with E-state index < -0.39 is 0 Å². The molecule has 0 N–H and O–H groups in total. The van der Waals surface area contributed by atoms with E-state index in [1.165, 1.54) is 18.2 Å². The number of halogens is 2. The molecule has 0 bridgehead atoms. The average Bonchev–Trinajstić information content (AvgIpc) is 2.40. The van der Waals surface area contributed by atoms with E-state index in [-0.39, 0.29) is 18.3 Å². The van der Waals surface area contributed by atoms with Gasteiger partial charge in [0.05, 0.1) is 4.47 Å². The number of carbonyl (C=O) groups excluding carboxylic acids is 1. The quantitative estimate of drug-likeness (QED) is 0.846. The van der Waals surface area contributed by atoms with Crippen molar-refractivity contribution in [3.8, 4) is 5.75 Å². The van der Waals surface area contributed by atoms with Gasteiger partial charge in [0, 0.05) is 26.2 Å². The average molecular weight is 331 g/mol.